The van der Waals surface area contributed by atoms with Crippen LogP contribution in [0.5, 0.6) is 0 Å². The van der Waals surface area contributed by atoms with Crippen LogP contribution in [0.3, 0.4) is 0 Å². The van der Waals surface area contributed by atoms with Gasteiger partial charge in [-0.3, -0.25) is 9.79 Å². The molecule has 1 aliphatic rings. The van der Waals surface area contributed by atoms with Crippen molar-refractivity contribution in [2.45, 2.75) is 46.3 Å². The molecule has 0 aromatic carbocycles. The van der Waals surface area contributed by atoms with Crippen LogP contribution in [0.1, 0.15) is 49.4 Å². The number of carbonyl (C=O) groups excluding carboxylic acids is 1. The largest absolute Gasteiger partial charge is 0.381 e. The minimum Gasteiger partial charge on any atom is -0.381 e. The van der Waals surface area contributed by atoms with Crippen molar-refractivity contribution in [3.05, 3.63) is 106 Å². The van der Waals surface area contributed by atoms with Crippen molar-refractivity contribution in [3.8, 4) is 0 Å². The van der Waals surface area contributed by atoms with Crippen LogP contribution in [0.4, 0.5) is 0 Å². The molecular weight excluding hydrogens is 540 g/mol. The summed E-state index contributed by atoms with van der Waals surface area (Å²) in [6.07, 6.45) is 17.2. The normalized spacial score (nSPS) is 15.0. The molecule has 2 N–H and O–H groups in total. The molecule has 0 radical (unpaired) electrons. The standard InChI is InChI=1S/C34H50N6OS/c1-10-13-15-26(4)22-36-31(27(5)11-2)18-17-28(6)37-34(39(9)25-35-7)30-24-42-32-23-40(21-19-29(30)32)33(41)16-14-20-38(8)12-3/h11,13-18,24-25,34,36-37H,2,4-5,10,12,19-23H2,1,3,6-9H3/b15-13-,16-14+,28-17+,31-18+,35-25?. The smallest absolute Gasteiger partial charge is 0.246 e. The Morgan fingerprint density at radius 1 is 1.21 bits per heavy atom. The maximum absolute atomic E-state index is 12.8. The molecule has 1 unspecified atom stereocenters. The Bertz CT molecular complexity index is 1230. The van der Waals surface area contributed by atoms with Gasteiger partial charge in [-0.15, -0.1) is 11.3 Å². The molecule has 1 amide bonds. The quantitative estimate of drug-likeness (QED) is 0.0771. The summed E-state index contributed by atoms with van der Waals surface area (Å²) in [5.41, 5.74) is 6.24. The zero-order valence-corrected chi connectivity index (χ0v) is 27.3. The predicted octanol–water partition coefficient (Wildman–Crippen LogP) is 5.96. The second-order valence-corrected chi connectivity index (χ2v) is 11.4. The van der Waals surface area contributed by atoms with Crippen molar-refractivity contribution < 1.29 is 4.79 Å². The first-order valence-corrected chi connectivity index (χ1v) is 15.4. The lowest BCUT2D eigenvalue weighted by atomic mass is 10.0. The van der Waals surface area contributed by atoms with Gasteiger partial charge in [0.2, 0.25) is 5.91 Å². The fraction of sp³-hybridized carbons (Fsp3) is 0.412. The van der Waals surface area contributed by atoms with Gasteiger partial charge in [0.15, 0.2) is 0 Å². The lowest BCUT2D eigenvalue weighted by molar-refractivity contribution is -0.126. The van der Waals surface area contributed by atoms with E-state index in [1.165, 1.54) is 16.0 Å². The van der Waals surface area contributed by atoms with E-state index in [4.69, 9.17) is 0 Å². The average molecular weight is 591 g/mol. The SMILES string of the molecule is C=CC(=C)/C(=C\C=C(/C)NC(c1csc2c1CCN(C(=O)/C=C/CN(C)CC)C2)N(C)C=NC)NCC(=C)/C=C\CC. The third-order valence-electron chi connectivity index (χ3n) is 7.06. The molecule has 1 aromatic heterocycles. The highest BCUT2D eigenvalue weighted by molar-refractivity contribution is 7.10. The lowest BCUT2D eigenvalue weighted by Gasteiger charge is -2.31. The molecular formula is C34H50N6OS. The third kappa shape index (κ3) is 10.7. The highest BCUT2D eigenvalue weighted by atomic mass is 32.1. The molecule has 8 heteroatoms. The van der Waals surface area contributed by atoms with Gasteiger partial charge in [0.1, 0.15) is 6.17 Å². The minimum atomic E-state index is -0.108. The molecule has 0 saturated carbocycles. The van der Waals surface area contributed by atoms with Crippen molar-refractivity contribution in [3.63, 3.8) is 0 Å². The summed E-state index contributed by atoms with van der Waals surface area (Å²) in [5.74, 6) is 0.0751. The zero-order valence-electron chi connectivity index (χ0n) is 26.4. The molecule has 7 nitrogen and oxygen atoms in total. The summed E-state index contributed by atoms with van der Waals surface area (Å²) >= 11 is 1.72. The molecule has 0 saturated heterocycles. The van der Waals surface area contributed by atoms with Crippen LogP contribution >= 0.6 is 11.3 Å². The first-order chi connectivity index (χ1) is 20.1. The molecule has 0 aliphatic carbocycles. The first-order valence-electron chi connectivity index (χ1n) is 14.6. The number of allylic oxidation sites excluding steroid dienone is 5. The highest BCUT2D eigenvalue weighted by Gasteiger charge is 2.27. The molecule has 1 aromatic rings. The topological polar surface area (TPSA) is 63.2 Å². The molecule has 2 heterocycles. The fourth-order valence-electron chi connectivity index (χ4n) is 4.40. The van der Waals surface area contributed by atoms with Gasteiger partial charge in [0.05, 0.1) is 12.9 Å². The summed E-state index contributed by atoms with van der Waals surface area (Å²) in [5, 5.41) is 9.33. The van der Waals surface area contributed by atoms with Crippen LogP contribution < -0.4 is 10.6 Å². The second-order valence-electron chi connectivity index (χ2n) is 10.4. The lowest BCUT2D eigenvalue weighted by Crippen LogP contribution is -2.37. The average Bonchev–Trinajstić information content (AvgIpc) is 3.41. The number of hydrogen-bond acceptors (Lipinski definition) is 6. The van der Waals surface area contributed by atoms with E-state index in [1.54, 1.807) is 30.5 Å². The number of likely N-dealkylation sites (N-methyl/N-ethyl adjacent to an activating group) is 1. The van der Waals surface area contributed by atoms with Crippen LogP contribution in [0.2, 0.25) is 0 Å². The fourth-order valence-corrected chi connectivity index (χ4v) is 5.53. The van der Waals surface area contributed by atoms with Crippen molar-refractivity contribution in [2.75, 3.05) is 47.3 Å². The Morgan fingerprint density at radius 2 is 1.98 bits per heavy atom. The van der Waals surface area contributed by atoms with Gasteiger partial charge in [-0.1, -0.05) is 57.9 Å². The van der Waals surface area contributed by atoms with E-state index in [2.05, 4.69) is 77.4 Å². The van der Waals surface area contributed by atoms with Gasteiger partial charge in [-0.05, 0) is 67.6 Å². The third-order valence-corrected chi connectivity index (χ3v) is 8.09. The molecule has 2 rings (SSSR count). The van der Waals surface area contributed by atoms with Crippen molar-refractivity contribution >= 4 is 23.6 Å². The second kappa shape index (κ2) is 18.0. The van der Waals surface area contributed by atoms with Gasteiger partial charge in [0, 0.05) is 61.6 Å². The van der Waals surface area contributed by atoms with E-state index in [0.717, 1.165) is 48.5 Å². The van der Waals surface area contributed by atoms with E-state index < -0.39 is 0 Å². The van der Waals surface area contributed by atoms with Crippen LogP contribution in [-0.2, 0) is 17.8 Å². The van der Waals surface area contributed by atoms with Gasteiger partial charge in [-0.25, -0.2) is 0 Å². The maximum atomic E-state index is 12.8. The van der Waals surface area contributed by atoms with Gasteiger partial charge >= 0.3 is 0 Å². The van der Waals surface area contributed by atoms with Gasteiger partial charge in [-0.2, -0.15) is 0 Å². The number of carbonyl (C=O) groups is 1. The van der Waals surface area contributed by atoms with Gasteiger partial charge in [0.25, 0.3) is 0 Å². The predicted molar refractivity (Wildman–Crippen MR) is 182 cm³/mol. The van der Waals surface area contributed by atoms with Crippen LogP contribution in [0.15, 0.2) is 95.2 Å². The van der Waals surface area contributed by atoms with E-state index in [-0.39, 0.29) is 12.1 Å². The molecule has 0 fully saturated rings. The summed E-state index contributed by atoms with van der Waals surface area (Å²) in [6.45, 7) is 22.1. The van der Waals surface area contributed by atoms with E-state index in [0.29, 0.717) is 19.6 Å². The van der Waals surface area contributed by atoms with Crippen molar-refractivity contribution in [1.29, 1.82) is 0 Å². The Hall–Kier alpha value is -3.62. The van der Waals surface area contributed by atoms with Crippen LogP contribution in [0, 0.1) is 0 Å². The minimum absolute atomic E-state index is 0.0751. The molecule has 42 heavy (non-hydrogen) atoms. The number of hydrogen-bond donors (Lipinski definition) is 2. The Morgan fingerprint density at radius 3 is 2.64 bits per heavy atom. The number of aliphatic imine (C=N–C) groups is 1. The van der Waals surface area contributed by atoms with Crippen LogP contribution in [0.25, 0.3) is 0 Å². The summed E-state index contributed by atoms with van der Waals surface area (Å²) in [7, 11) is 5.85. The number of fused-ring (bicyclic) bond motifs is 1. The molecule has 228 valence electrons. The Labute approximate surface area is 258 Å². The monoisotopic (exact) mass is 590 g/mol. The first kappa shape index (κ1) is 34.6. The molecule has 1 atom stereocenters. The number of rotatable bonds is 17. The summed E-state index contributed by atoms with van der Waals surface area (Å²) in [4.78, 5) is 24.5. The Balaban J connectivity index is 2.23. The number of thiophene rings is 1. The number of nitrogens with zero attached hydrogens (tertiary/aromatic N) is 4. The number of nitrogens with one attached hydrogen (secondary N) is 2. The summed E-state index contributed by atoms with van der Waals surface area (Å²) in [6, 6.07) is 0. The summed E-state index contributed by atoms with van der Waals surface area (Å²) < 4.78 is 0. The number of amides is 1. The maximum Gasteiger partial charge on any atom is 0.246 e. The van der Waals surface area contributed by atoms with E-state index >= 15 is 0 Å². The molecule has 1 aliphatic heterocycles. The van der Waals surface area contributed by atoms with E-state index in [9.17, 15) is 4.79 Å². The Kier molecular flexibility index (Phi) is 14.8. The molecule has 0 spiro atoms. The zero-order chi connectivity index (χ0) is 31.1. The van der Waals surface area contributed by atoms with Crippen molar-refractivity contribution in [2.24, 2.45) is 4.99 Å². The molecule has 0 bridgehead atoms. The van der Waals surface area contributed by atoms with E-state index in [1.807, 2.05) is 49.6 Å². The van der Waals surface area contributed by atoms with Crippen LogP contribution in [-0.4, -0.2) is 74.3 Å². The van der Waals surface area contributed by atoms with Crippen molar-refractivity contribution in [1.82, 2.24) is 25.3 Å². The van der Waals surface area contributed by atoms with Gasteiger partial charge < -0.3 is 25.3 Å². The highest BCUT2D eigenvalue weighted by Crippen LogP contribution is 2.33.